The molecule has 2 aromatic heterocycles. The van der Waals surface area contributed by atoms with E-state index in [0.29, 0.717) is 11.5 Å². The van der Waals surface area contributed by atoms with Crippen LogP contribution in [0.4, 0.5) is 0 Å². The average Bonchev–Trinajstić information content (AvgIpc) is 3.66. The van der Waals surface area contributed by atoms with Gasteiger partial charge in [0.15, 0.2) is 5.84 Å². The largest absolute Gasteiger partial charge is 0.455 e. The number of aliphatic imine (C=N–C) groups is 2. The molecule has 0 unspecified atom stereocenters. The van der Waals surface area contributed by atoms with Gasteiger partial charge in [-0.2, -0.15) is 0 Å². The quantitative estimate of drug-likeness (QED) is 0.116. The first-order chi connectivity index (χ1) is 27.6. The fourth-order valence-corrected chi connectivity index (χ4v) is 7.05. The van der Waals surface area contributed by atoms with Crippen molar-refractivity contribution in [1.82, 2.24) is 10.2 Å². The van der Waals surface area contributed by atoms with Gasteiger partial charge in [-0.1, -0.05) is 170 Å². The molecule has 9 rings (SSSR count). The number of rotatable bonds is 8. The normalized spacial score (nSPS) is 11.9. The minimum absolute atomic E-state index is 0.611. The number of benzene rings is 7. The van der Waals surface area contributed by atoms with Gasteiger partial charge in [0.05, 0.1) is 17.1 Å². The van der Waals surface area contributed by atoms with Crippen molar-refractivity contribution in [2.45, 2.75) is 6.92 Å². The van der Waals surface area contributed by atoms with E-state index in [4.69, 9.17) is 14.4 Å². The third kappa shape index (κ3) is 6.86. The Hall–Kier alpha value is -7.50. The Labute approximate surface area is 325 Å². The number of nitrogens with zero attached hydrogens (tertiary/aromatic N) is 4. The maximum Gasteiger partial charge on any atom is 0.160 e. The number of para-hydroxylation sites is 1. The van der Waals surface area contributed by atoms with Crippen molar-refractivity contribution in [2.75, 3.05) is 0 Å². The maximum atomic E-state index is 6.62. The van der Waals surface area contributed by atoms with Crippen LogP contribution in [0.25, 0.3) is 72.4 Å². The lowest BCUT2D eigenvalue weighted by atomic mass is 9.91. The summed E-state index contributed by atoms with van der Waals surface area (Å²) in [6, 6.07) is 63.8. The van der Waals surface area contributed by atoms with E-state index in [1.54, 1.807) is 0 Å². The van der Waals surface area contributed by atoms with E-state index in [1.807, 2.05) is 122 Å². The fraction of sp³-hybridized carbons (Fsp3) is 0.0196. The van der Waals surface area contributed by atoms with E-state index in [2.05, 4.69) is 89.6 Å². The van der Waals surface area contributed by atoms with Crippen LogP contribution < -0.4 is 0 Å². The minimum atomic E-state index is 0.611. The molecule has 0 saturated heterocycles. The number of amidine groups is 1. The van der Waals surface area contributed by atoms with Crippen LogP contribution in [0.1, 0.15) is 23.6 Å². The van der Waals surface area contributed by atoms with Gasteiger partial charge in [0.25, 0.3) is 0 Å². The predicted octanol–water partition coefficient (Wildman–Crippen LogP) is 13.0. The third-order valence-corrected chi connectivity index (χ3v) is 10.0. The van der Waals surface area contributed by atoms with Crippen molar-refractivity contribution in [2.24, 2.45) is 9.98 Å². The minimum Gasteiger partial charge on any atom is -0.455 e. The Morgan fingerprint density at radius 1 is 0.464 bits per heavy atom. The highest BCUT2D eigenvalue weighted by molar-refractivity contribution is 6.14. The Bertz CT molecular complexity index is 2880. The van der Waals surface area contributed by atoms with Crippen molar-refractivity contribution in [1.29, 1.82) is 0 Å². The summed E-state index contributed by atoms with van der Waals surface area (Å²) in [5.74, 6) is 0.611. The Kier molecular flexibility index (Phi) is 9.24. The summed E-state index contributed by atoms with van der Waals surface area (Å²) in [6.45, 7) is 6.27. The number of fused-ring (bicyclic) bond motifs is 3. The molecule has 2 heterocycles. The van der Waals surface area contributed by atoms with Crippen molar-refractivity contribution in [3.8, 4) is 44.8 Å². The van der Waals surface area contributed by atoms with Crippen molar-refractivity contribution in [3.05, 3.63) is 211 Å². The highest BCUT2D eigenvalue weighted by Gasteiger charge is 2.18. The van der Waals surface area contributed by atoms with E-state index in [0.717, 1.165) is 89.1 Å². The zero-order valence-electron chi connectivity index (χ0n) is 30.8. The van der Waals surface area contributed by atoms with E-state index in [9.17, 15) is 0 Å². The first-order valence-corrected chi connectivity index (χ1v) is 18.6. The van der Waals surface area contributed by atoms with Gasteiger partial charge >= 0.3 is 0 Å². The summed E-state index contributed by atoms with van der Waals surface area (Å²) in [4.78, 5) is 9.95. The average molecular weight is 721 g/mol. The SMILES string of the molecule is C=C(N=C(N=C(C)c1ccc(-c2ccc3c(oc4ccccc43)c2-c2ccc(-c3ccc(-c4ccccc4)nn3)cc2)cc1)c1ccccc1)c1ccccc1. The van der Waals surface area contributed by atoms with Gasteiger partial charge < -0.3 is 4.42 Å². The second kappa shape index (κ2) is 15.1. The van der Waals surface area contributed by atoms with Gasteiger partial charge in [0.1, 0.15) is 11.2 Å². The molecule has 0 spiro atoms. The van der Waals surface area contributed by atoms with Crippen LogP contribution >= 0.6 is 0 Å². The maximum absolute atomic E-state index is 6.62. The molecule has 7 aromatic carbocycles. The van der Waals surface area contributed by atoms with Gasteiger partial charge in [-0.05, 0) is 59.0 Å². The molecule has 0 saturated carbocycles. The lowest BCUT2D eigenvalue weighted by molar-refractivity contribution is 0.670. The second-order valence-corrected chi connectivity index (χ2v) is 13.6. The summed E-state index contributed by atoms with van der Waals surface area (Å²) >= 11 is 0. The molecule has 0 fully saturated rings. The van der Waals surface area contributed by atoms with Gasteiger partial charge in [-0.25, -0.2) is 9.98 Å². The molecule has 0 aliphatic carbocycles. The molecular formula is C51H36N4O. The summed E-state index contributed by atoms with van der Waals surface area (Å²) in [7, 11) is 0. The highest BCUT2D eigenvalue weighted by Crippen LogP contribution is 2.42. The van der Waals surface area contributed by atoms with Gasteiger partial charge in [0.2, 0.25) is 0 Å². The Morgan fingerprint density at radius 3 is 1.68 bits per heavy atom. The van der Waals surface area contributed by atoms with Gasteiger partial charge in [0, 0.05) is 38.7 Å². The molecule has 0 bridgehead atoms. The Balaban J connectivity index is 1.08. The zero-order chi connectivity index (χ0) is 37.8. The van der Waals surface area contributed by atoms with Crippen LogP contribution in [-0.2, 0) is 0 Å². The summed E-state index contributed by atoms with van der Waals surface area (Å²) in [5, 5.41) is 11.3. The highest BCUT2D eigenvalue weighted by atomic mass is 16.3. The Morgan fingerprint density at radius 2 is 1.02 bits per heavy atom. The molecule has 5 heteroatoms. The van der Waals surface area contributed by atoms with E-state index in [1.165, 1.54) is 0 Å². The number of hydrogen-bond donors (Lipinski definition) is 0. The molecule has 266 valence electrons. The van der Waals surface area contributed by atoms with E-state index < -0.39 is 0 Å². The summed E-state index contributed by atoms with van der Waals surface area (Å²) in [5.41, 5.74) is 14.0. The molecule has 5 nitrogen and oxygen atoms in total. The van der Waals surface area contributed by atoms with Crippen molar-refractivity contribution >= 4 is 39.2 Å². The topological polar surface area (TPSA) is 63.6 Å². The standard InChI is InChI=1S/C51H36N4O/c1-34(36-14-6-3-7-15-36)52-51(42-18-10-5-11-19-42)53-35(2)37-22-24-38(25-23-37)43-30-31-45-44-20-12-13-21-48(44)56-50(45)49(43)41-28-26-40(27-29-41)47-33-32-46(54-55-47)39-16-8-4-9-17-39/h3-33H,1H2,2H3. The first-order valence-electron chi connectivity index (χ1n) is 18.6. The molecule has 0 N–H and O–H groups in total. The molecule has 0 aliphatic rings. The molecule has 56 heavy (non-hydrogen) atoms. The number of furan rings is 1. The van der Waals surface area contributed by atoms with Crippen LogP contribution in [0.15, 0.2) is 209 Å². The second-order valence-electron chi connectivity index (χ2n) is 13.6. The van der Waals surface area contributed by atoms with Crippen molar-refractivity contribution < 1.29 is 4.42 Å². The first kappa shape index (κ1) is 34.3. The lowest BCUT2D eigenvalue weighted by Gasteiger charge is -2.13. The van der Waals surface area contributed by atoms with Gasteiger partial charge in [-0.15, -0.1) is 10.2 Å². The fourth-order valence-electron chi connectivity index (χ4n) is 7.05. The van der Waals surface area contributed by atoms with E-state index in [-0.39, 0.29) is 0 Å². The molecule has 0 amide bonds. The van der Waals surface area contributed by atoms with Crippen LogP contribution in [0.3, 0.4) is 0 Å². The van der Waals surface area contributed by atoms with Gasteiger partial charge in [-0.3, -0.25) is 0 Å². The molecule has 9 aromatic rings. The van der Waals surface area contributed by atoms with Crippen LogP contribution in [0, 0.1) is 0 Å². The van der Waals surface area contributed by atoms with Crippen LogP contribution in [-0.4, -0.2) is 21.7 Å². The monoisotopic (exact) mass is 720 g/mol. The molecular weight excluding hydrogens is 685 g/mol. The lowest BCUT2D eigenvalue weighted by Crippen LogP contribution is -2.04. The molecule has 0 atom stereocenters. The smallest absolute Gasteiger partial charge is 0.160 e. The molecule has 0 aliphatic heterocycles. The summed E-state index contributed by atoms with van der Waals surface area (Å²) < 4.78 is 6.62. The van der Waals surface area contributed by atoms with E-state index >= 15 is 0 Å². The summed E-state index contributed by atoms with van der Waals surface area (Å²) in [6.07, 6.45) is 0. The number of aromatic nitrogens is 2. The third-order valence-electron chi connectivity index (χ3n) is 10.0. The predicted molar refractivity (Wildman–Crippen MR) is 232 cm³/mol. The van der Waals surface area contributed by atoms with Crippen molar-refractivity contribution in [3.63, 3.8) is 0 Å². The number of hydrogen-bond acceptors (Lipinski definition) is 4. The molecule has 0 radical (unpaired) electrons. The van der Waals surface area contributed by atoms with Crippen LogP contribution in [0.2, 0.25) is 0 Å². The zero-order valence-corrected chi connectivity index (χ0v) is 30.8. The van der Waals surface area contributed by atoms with Crippen LogP contribution in [0.5, 0.6) is 0 Å².